The molecule has 2 aromatic carbocycles. The molecule has 166 valence electrons. The fourth-order valence-electron chi connectivity index (χ4n) is 4.43. The third kappa shape index (κ3) is 5.08. The third-order valence-corrected chi connectivity index (χ3v) is 6.86. The molecule has 0 spiro atoms. The molecule has 1 saturated heterocycles. The minimum Gasteiger partial charge on any atom is -0.482 e. The van der Waals surface area contributed by atoms with E-state index in [0.717, 1.165) is 34.2 Å². The summed E-state index contributed by atoms with van der Waals surface area (Å²) in [5.74, 6) is -0.385. The lowest BCUT2D eigenvalue weighted by atomic mass is 9.75. The monoisotopic (exact) mass is 462 g/mol. The van der Waals surface area contributed by atoms with Gasteiger partial charge in [-0.15, -0.1) is 0 Å². The molecule has 0 bridgehead atoms. The Balaban J connectivity index is 2.05. The van der Waals surface area contributed by atoms with E-state index >= 15 is 0 Å². The van der Waals surface area contributed by atoms with Crippen LogP contribution in [-0.4, -0.2) is 23.8 Å². The Morgan fingerprint density at radius 1 is 1.29 bits per heavy atom. The highest BCUT2D eigenvalue weighted by molar-refractivity contribution is 6.32. The molecule has 4 nitrogen and oxygen atoms in total. The number of ether oxygens (including phenoxy) is 2. The van der Waals surface area contributed by atoms with E-state index in [1.54, 1.807) is 6.07 Å². The van der Waals surface area contributed by atoms with Crippen LogP contribution in [-0.2, 0) is 9.53 Å². The maximum atomic E-state index is 11.1. The molecule has 3 rings (SSSR count). The van der Waals surface area contributed by atoms with E-state index in [9.17, 15) is 4.79 Å². The summed E-state index contributed by atoms with van der Waals surface area (Å²) >= 11 is 12.8. The van der Waals surface area contributed by atoms with Crippen LogP contribution in [0.2, 0.25) is 10.0 Å². The summed E-state index contributed by atoms with van der Waals surface area (Å²) in [5.41, 5.74) is 4.58. The lowest BCUT2D eigenvalue weighted by Gasteiger charge is -2.42. The molecule has 0 aromatic heterocycles. The van der Waals surface area contributed by atoms with Crippen molar-refractivity contribution in [2.75, 3.05) is 6.61 Å². The van der Waals surface area contributed by atoms with E-state index in [-0.39, 0.29) is 24.0 Å². The number of halogens is 2. The van der Waals surface area contributed by atoms with Crippen molar-refractivity contribution in [1.82, 2.24) is 0 Å². The molecule has 2 aromatic rings. The first-order valence-electron chi connectivity index (χ1n) is 10.3. The van der Waals surface area contributed by atoms with Crippen LogP contribution in [0, 0.1) is 19.8 Å². The molecular formula is C25H28Cl2O4. The molecule has 0 aliphatic carbocycles. The maximum Gasteiger partial charge on any atom is 0.341 e. The van der Waals surface area contributed by atoms with Gasteiger partial charge in [-0.25, -0.2) is 4.79 Å². The number of carboxylic acids is 1. The van der Waals surface area contributed by atoms with Crippen molar-refractivity contribution in [3.8, 4) is 5.75 Å². The van der Waals surface area contributed by atoms with E-state index in [4.69, 9.17) is 37.8 Å². The zero-order valence-corrected chi connectivity index (χ0v) is 19.8. The normalized spacial score (nSPS) is 23.4. The highest BCUT2D eigenvalue weighted by Crippen LogP contribution is 2.50. The molecule has 1 aliphatic rings. The minimum atomic E-state index is -1.04. The average molecular weight is 463 g/mol. The Labute approximate surface area is 193 Å². The van der Waals surface area contributed by atoms with Crippen LogP contribution in [0.4, 0.5) is 0 Å². The summed E-state index contributed by atoms with van der Waals surface area (Å²) < 4.78 is 12.3. The van der Waals surface area contributed by atoms with Crippen LogP contribution >= 0.6 is 23.2 Å². The number of carbonyl (C=O) groups is 1. The van der Waals surface area contributed by atoms with Crippen molar-refractivity contribution in [2.45, 2.75) is 52.2 Å². The van der Waals surface area contributed by atoms with Crippen molar-refractivity contribution in [2.24, 2.45) is 5.92 Å². The molecule has 1 heterocycles. The zero-order chi connectivity index (χ0) is 22.9. The Morgan fingerprint density at radius 2 is 2.00 bits per heavy atom. The summed E-state index contributed by atoms with van der Waals surface area (Å²) in [6.45, 7) is 11.6. The zero-order valence-electron chi connectivity index (χ0n) is 18.2. The summed E-state index contributed by atoms with van der Waals surface area (Å²) in [6, 6.07) is 9.66. The van der Waals surface area contributed by atoms with Gasteiger partial charge < -0.3 is 14.6 Å². The molecule has 0 radical (unpaired) electrons. The molecule has 31 heavy (non-hydrogen) atoms. The van der Waals surface area contributed by atoms with Crippen molar-refractivity contribution in [3.63, 3.8) is 0 Å². The Hall–Kier alpha value is -2.01. The standard InChI is InChI=1S/C25H28Cl2O4/c1-13(2)19-11-20(17-7-6-8-18(26)10-17)16(5)31-25(19)23-15(4)24(27)14(3)9-21(23)30-12-22(28)29/h6-10,16,19-20,25H,1,11-12H2,2-5H3,(H,28,29)/t16-,19+,20-,25-/m0/s1. The van der Waals surface area contributed by atoms with Gasteiger partial charge in [-0.3, -0.25) is 0 Å². The quantitative estimate of drug-likeness (QED) is 0.474. The second-order valence-corrected chi connectivity index (χ2v) is 9.15. The van der Waals surface area contributed by atoms with E-state index in [1.165, 1.54) is 0 Å². The SMILES string of the molecule is C=C(C)[C@H]1C[C@H](c2cccc(Cl)c2)[C@H](C)O[C@@H]1c1c(OCC(=O)O)cc(C)c(Cl)c1C. The van der Waals surface area contributed by atoms with Gasteiger partial charge in [0, 0.05) is 27.4 Å². The lowest BCUT2D eigenvalue weighted by Crippen LogP contribution is -2.35. The molecule has 4 atom stereocenters. The minimum absolute atomic E-state index is 0.00447. The van der Waals surface area contributed by atoms with E-state index in [1.807, 2.05) is 39.0 Å². The highest BCUT2D eigenvalue weighted by atomic mass is 35.5. The van der Waals surface area contributed by atoms with Crippen LogP contribution in [0.1, 0.15) is 54.5 Å². The molecule has 1 N–H and O–H groups in total. The van der Waals surface area contributed by atoms with Crippen molar-refractivity contribution < 1.29 is 19.4 Å². The van der Waals surface area contributed by atoms with Crippen LogP contribution in [0.25, 0.3) is 0 Å². The summed E-state index contributed by atoms with van der Waals surface area (Å²) in [6.07, 6.45) is 0.390. The number of aryl methyl sites for hydroxylation is 1. The van der Waals surface area contributed by atoms with E-state index in [2.05, 4.69) is 19.6 Å². The fourth-order valence-corrected chi connectivity index (χ4v) is 4.79. The van der Waals surface area contributed by atoms with Gasteiger partial charge in [0.25, 0.3) is 0 Å². The molecule has 0 unspecified atom stereocenters. The van der Waals surface area contributed by atoms with Gasteiger partial charge in [-0.2, -0.15) is 0 Å². The molecule has 1 aliphatic heterocycles. The molecular weight excluding hydrogens is 435 g/mol. The predicted molar refractivity (Wildman–Crippen MR) is 124 cm³/mol. The van der Waals surface area contributed by atoms with E-state index in [0.29, 0.717) is 15.8 Å². The fraction of sp³-hybridized carbons (Fsp3) is 0.400. The first kappa shape index (κ1) is 23.6. The van der Waals surface area contributed by atoms with Gasteiger partial charge in [0.1, 0.15) is 5.75 Å². The van der Waals surface area contributed by atoms with Crippen molar-refractivity contribution >= 4 is 29.2 Å². The molecule has 6 heteroatoms. The van der Waals surface area contributed by atoms with Crippen LogP contribution < -0.4 is 4.74 Å². The first-order chi connectivity index (χ1) is 14.6. The lowest BCUT2D eigenvalue weighted by molar-refractivity contribution is -0.139. The van der Waals surface area contributed by atoms with Gasteiger partial charge >= 0.3 is 5.97 Å². The summed E-state index contributed by atoms with van der Waals surface area (Å²) in [7, 11) is 0. The number of hydrogen-bond acceptors (Lipinski definition) is 3. The van der Waals surface area contributed by atoms with Crippen molar-refractivity contribution in [3.05, 3.63) is 74.8 Å². The second kappa shape index (κ2) is 9.64. The number of carboxylic acid groups (broad SMARTS) is 1. The Bertz CT molecular complexity index is 1000. The number of hydrogen-bond donors (Lipinski definition) is 1. The number of rotatable bonds is 6. The third-order valence-electron chi connectivity index (χ3n) is 6.04. The van der Waals surface area contributed by atoms with Crippen LogP contribution in [0.5, 0.6) is 5.75 Å². The second-order valence-electron chi connectivity index (χ2n) is 8.34. The predicted octanol–water partition coefficient (Wildman–Crippen LogP) is 6.90. The Morgan fingerprint density at radius 3 is 2.61 bits per heavy atom. The van der Waals surface area contributed by atoms with Crippen LogP contribution in [0.3, 0.4) is 0 Å². The average Bonchev–Trinajstić information content (AvgIpc) is 2.70. The smallest absolute Gasteiger partial charge is 0.341 e. The number of benzene rings is 2. The first-order valence-corrected chi connectivity index (χ1v) is 11.1. The molecule has 0 saturated carbocycles. The number of aliphatic carboxylic acids is 1. The maximum absolute atomic E-state index is 11.1. The largest absolute Gasteiger partial charge is 0.482 e. The van der Waals surface area contributed by atoms with E-state index < -0.39 is 12.6 Å². The summed E-state index contributed by atoms with van der Waals surface area (Å²) in [5, 5.41) is 10.5. The molecule has 0 amide bonds. The van der Waals surface area contributed by atoms with Gasteiger partial charge in [-0.1, -0.05) is 47.5 Å². The van der Waals surface area contributed by atoms with Gasteiger partial charge in [0.2, 0.25) is 0 Å². The van der Waals surface area contributed by atoms with Crippen LogP contribution in [0.15, 0.2) is 42.5 Å². The Kier molecular flexibility index (Phi) is 7.35. The van der Waals surface area contributed by atoms with Gasteiger partial charge in [-0.05, 0) is 69.0 Å². The summed E-state index contributed by atoms with van der Waals surface area (Å²) in [4.78, 5) is 11.1. The topological polar surface area (TPSA) is 55.8 Å². The highest BCUT2D eigenvalue weighted by Gasteiger charge is 2.40. The van der Waals surface area contributed by atoms with Crippen molar-refractivity contribution in [1.29, 1.82) is 0 Å². The van der Waals surface area contributed by atoms with Gasteiger partial charge in [0.15, 0.2) is 6.61 Å². The van der Waals surface area contributed by atoms with Gasteiger partial charge in [0.05, 0.1) is 12.2 Å². The molecule has 1 fully saturated rings.